The number of hydrogen-bond acceptors (Lipinski definition) is 3. The van der Waals surface area contributed by atoms with Crippen LogP contribution in [-0.2, 0) is 22.6 Å². The molecule has 0 bridgehead atoms. The van der Waals surface area contributed by atoms with Gasteiger partial charge in [0.05, 0.1) is 7.11 Å². The Balaban J connectivity index is 1.75. The molecule has 0 fully saturated rings. The molecule has 3 aromatic rings. The smallest absolute Gasteiger partial charge is 0.247 e. The van der Waals surface area contributed by atoms with Crippen molar-refractivity contribution in [2.45, 2.75) is 25.9 Å². The Morgan fingerprint density at radius 3 is 2.06 bits per heavy atom. The van der Waals surface area contributed by atoms with Gasteiger partial charge in [0.25, 0.3) is 0 Å². The first-order valence-corrected chi connectivity index (χ1v) is 10.3. The van der Waals surface area contributed by atoms with E-state index in [0.717, 1.165) is 22.4 Å². The molecule has 31 heavy (non-hydrogen) atoms. The molecule has 1 atom stereocenters. The Morgan fingerprint density at radius 1 is 0.871 bits per heavy atom. The van der Waals surface area contributed by atoms with Crippen molar-refractivity contribution in [3.8, 4) is 5.75 Å². The lowest BCUT2D eigenvalue weighted by Crippen LogP contribution is -2.43. The van der Waals surface area contributed by atoms with E-state index in [-0.39, 0.29) is 11.8 Å². The zero-order valence-electron chi connectivity index (χ0n) is 18.0. The second-order valence-corrected chi connectivity index (χ2v) is 7.33. The summed E-state index contributed by atoms with van der Waals surface area (Å²) in [6.07, 6.45) is 0.690. The lowest BCUT2D eigenvalue weighted by molar-refractivity contribution is -0.140. The number of amides is 2. The van der Waals surface area contributed by atoms with Gasteiger partial charge in [-0.15, -0.1) is 0 Å². The van der Waals surface area contributed by atoms with Gasteiger partial charge in [-0.25, -0.2) is 0 Å². The molecule has 0 saturated carbocycles. The van der Waals surface area contributed by atoms with Crippen LogP contribution in [0.3, 0.4) is 0 Å². The normalized spacial score (nSPS) is 11.4. The van der Waals surface area contributed by atoms with Gasteiger partial charge in [0.15, 0.2) is 0 Å². The van der Waals surface area contributed by atoms with E-state index in [0.29, 0.717) is 19.5 Å². The highest BCUT2D eigenvalue weighted by Gasteiger charge is 2.29. The second-order valence-electron chi connectivity index (χ2n) is 7.33. The molecule has 0 unspecified atom stereocenters. The van der Waals surface area contributed by atoms with E-state index in [4.69, 9.17) is 4.74 Å². The Hall–Kier alpha value is -3.60. The average Bonchev–Trinajstić information content (AvgIpc) is 2.80. The molecule has 1 N–H and O–H groups in total. The van der Waals surface area contributed by atoms with E-state index in [9.17, 15) is 9.59 Å². The van der Waals surface area contributed by atoms with Crippen molar-refractivity contribution < 1.29 is 14.3 Å². The van der Waals surface area contributed by atoms with Crippen molar-refractivity contribution in [2.24, 2.45) is 0 Å². The lowest BCUT2D eigenvalue weighted by atomic mass is 10.0. The average molecular weight is 417 g/mol. The summed E-state index contributed by atoms with van der Waals surface area (Å²) in [6, 6.07) is 26.2. The Morgan fingerprint density at radius 2 is 1.48 bits per heavy atom. The number of nitrogens with zero attached hydrogens (tertiary/aromatic N) is 1. The molecule has 0 saturated heterocycles. The van der Waals surface area contributed by atoms with Crippen molar-refractivity contribution >= 4 is 11.8 Å². The van der Waals surface area contributed by atoms with Gasteiger partial charge in [0.2, 0.25) is 11.8 Å². The van der Waals surface area contributed by atoms with Crippen LogP contribution in [0.15, 0.2) is 84.9 Å². The largest absolute Gasteiger partial charge is 0.497 e. The van der Waals surface area contributed by atoms with Crippen LogP contribution in [-0.4, -0.2) is 30.4 Å². The van der Waals surface area contributed by atoms with Crippen LogP contribution >= 0.6 is 0 Å². The fourth-order valence-corrected chi connectivity index (χ4v) is 3.49. The molecular formula is C26H28N2O3. The lowest BCUT2D eigenvalue weighted by Gasteiger charge is -2.30. The molecule has 0 heterocycles. The maximum Gasteiger partial charge on any atom is 0.247 e. The molecule has 0 aromatic heterocycles. The molecule has 0 aliphatic rings. The third-order valence-electron chi connectivity index (χ3n) is 5.15. The summed E-state index contributed by atoms with van der Waals surface area (Å²) in [4.78, 5) is 27.4. The number of methoxy groups -OCH3 is 1. The van der Waals surface area contributed by atoms with E-state index >= 15 is 0 Å². The number of carbonyl (C=O) groups excluding carboxylic acids is 2. The van der Waals surface area contributed by atoms with E-state index in [2.05, 4.69) is 5.32 Å². The minimum atomic E-state index is -0.699. The van der Waals surface area contributed by atoms with Crippen LogP contribution in [0.5, 0.6) is 5.75 Å². The van der Waals surface area contributed by atoms with Gasteiger partial charge in [0, 0.05) is 20.0 Å². The minimum Gasteiger partial charge on any atom is -0.497 e. The summed E-state index contributed by atoms with van der Waals surface area (Å²) >= 11 is 0. The third-order valence-corrected chi connectivity index (χ3v) is 5.15. The van der Waals surface area contributed by atoms with E-state index in [1.165, 1.54) is 6.92 Å². The maximum absolute atomic E-state index is 13.2. The molecular weight excluding hydrogens is 388 g/mol. The summed E-state index contributed by atoms with van der Waals surface area (Å²) in [7, 11) is 1.63. The van der Waals surface area contributed by atoms with Gasteiger partial charge >= 0.3 is 0 Å². The second kappa shape index (κ2) is 11.0. The highest BCUT2D eigenvalue weighted by atomic mass is 16.5. The zero-order valence-corrected chi connectivity index (χ0v) is 18.0. The summed E-state index contributed by atoms with van der Waals surface area (Å²) in [5.41, 5.74) is 2.87. The summed E-state index contributed by atoms with van der Waals surface area (Å²) in [5, 5.41) is 3.02. The van der Waals surface area contributed by atoms with Gasteiger partial charge in [-0.3, -0.25) is 9.59 Å². The topological polar surface area (TPSA) is 58.6 Å². The number of carbonyl (C=O) groups is 2. The van der Waals surface area contributed by atoms with Crippen LogP contribution in [0.25, 0.3) is 0 Å². The van der Waals surface area contributed by atoms with Crippen molar-refractivity contribution in [3.05, 3.63) is 102 Å². The monoisotopic (exact) mass is 416 g/mol. The van der Waals surface area contributed by atoms with Gasteiger partial charge in [-0.1, -0.05) is 72.8 Å². The zero-order chi connectivity index (χ0) is 22.1. The number of ether oxygens (including phenoxy) is 1. The molecule has 0 aliphatic carbocycles. The van der Waals surface area contributed by atoms with Crippen LogP contribution < -0.4 is 10.1 Å². The molecule has 5 heteroatoms. The molecule has 3 aromatic carbocycles. The number of hydrogen-bond donors (Lipinski definition) is 1. The quantitative estimate of drug-likeness (QED) is 0.570. The van der Waals surface area contributed by atoms with Crippen molar-refractivity contribution in [1.29, 1.82) is 0 Å². The Kier molecular flexibility index (Phi) is 7.82. The van der Waals surface area contributed by atoms with Gasteiger partial charge in [-0.05, 0) is 35.2 Å². The predicted octanol–water partition coefficient (Wildman–Crippen LogP) is 4.14. The maximum atomic E-state index is 13.2. The Labute approximate surface area is 183 Å². The number of rotatable bonds is 9. The first-order chi connectivity index (χ1) is 15.1. The highest BCUT2D eigenvalue weighted by Crippen LogP contribution is 2.24. The molecule has 0 radical (unpaired) electrons. The first-order valence-electron chi connectivity index (χ1n) is 10.3. The van der Waals surface area contributed by atoms with Crippen molar-refractivity contribution in [2.75, 3.05) is 13.7 Å². The van der Waals surface area contributed by atoms with E-state index in [1.54, 1.807) is 12.0 Å². The SMILES string of the molecule is COc1ccc(CCNC(=O)[C@@H](c2ccccc2)N(Cc2ccccc2)C(C)=O)cc1. The first kappa shape index (κ1) is 22.1. The molecule has 0 aliphatic heterocycles. The minimum absolute atomic E-state index is 0.150. The highest BCUT2D eigenvalue weighted by molar-refractivity contribution is 5.88. The number of nitrogens with one attached hydrogen (secondary N) is 1. The summed E-state index contributed by atoms with van der Waals surface area (Å²) < 4.78 is 5.18. The molecule has 5 nitrogen and oxygen atoms in total. The van der Waals surface area contributed by atoms with Crippen molar-refractivity contribution in [3.63, 3.8) is 0 Å². The molecule has 160 valence electrons. The van der Waals surface area contributed by atoms with Gasteiger partial charge < -0.3 is 15.0 Å². The van der Waals surface area contributed by atoms with E-state index in [1.807, 2.05) is 84.9 Å². The molecule has 0 spiro atoms. The standard InChI is InChI=1S/C26H28N2O3/c1-20(29)28(19-22-9-5-3-6-10-22)25(23-11-7-4-8-12-23)26(30)27-18-17-21-13-15-24(31-2)16-14-21/h3-16,25H,17-19H2,1-2H3,(H,27,30)/t25-/m1/s1. The molecule has 3 rings (SSSR count). The van der Waals surface area contributed by atoms with Crippen LogP contribution in [0.4, 0.5) is 0 Å². The van der Waals surface area contributed by atoms with Crippen LogP contribution in [0.1, 0.15) is 29.7 Å². The fraction of sp³-hybridized carbons (Fsp3) is 0.231. The van der Waals surface area contributed by atoms with E-state index < -0.39 is 6.04 Å². The Bertz CT molecular complexity index is 973. The summed E-state index contributed by atoms with van der Waals surface area (Å²) in [5.74, 6) is 0.462. The van der Waals surface area contributed by atoms with Crippen molar-refractivity contribution in [1.82, 2.24) is 10.2 Å². The predicted molar refractivity (Wildman–Crippen MR) is 122 cm³/mol. The molecule has 2 amide bonds. The number of benzene rings is 3. The van der Waals surface area contributed by atoms with Gasteiger partial charge in [0.1, 0.15) is 11.8 Å². The van der Waals surface area contributed by atoms with Gasteiger partial charge in [-0.2, -0.15) is 0 Å². The fourth-order valence-electron chi connectivity index (χ4n) is 3.49. The van der Waals surface area contributed by atoms with Crippen LogP contribution in [0, 0.1) is 0 Å². The summed E-state index contributed by atoms with van der Waals surface area (Å²) in [6.45, 7) is 2.34. The third kappa shape index (κ3) is 6.19. The van der Waals surface area contributed by atoms with Crippen LogP contribution in [0.2, 0.25) is 0 Å².